The number of benzene rings is 2. The quantitative estimate of drug-likeness (QED) is 0.791. The zero-order valence-corrected chi connectivity index (χ0v) is 12.9. The van der Waals surface area contributed by atoms with Gasteiger partial charge in [-0.05, 0) is 43.3 Å². The molecule has 0 spiro atoms. The Morgan fingerprint density at radius 3 is 2.68 bits per heavy atom. The molecule has 1 aromatic heterocycles. The van der Waals surface area contributed by atoms with Crippen LogP contribution in [-0.2, 0) is 10.0 Å². The Morgan fingerprint density at radius 1 is 1.14 bits per heavy atom. The summed E-state index contributed by atoms with van der Waals surface area (Å²) in [6.07, 6.45) is 0. The fourth-order valence-electron chi connectivity index (χ4n) is 2.00. The number of aromatic nitrogens is 1. The van der Waals surface area contributed by atoms with Crippen LogP contribution in [0.2, 0.25) is 0 Å². The van der Waals surface area contributed by atoms with Gasteiger partial charge in [0.1, 0.15) is 16.5 Å². The smallest absolute Gasteiger partial charge is 0.264 e. The summed E-state index contributed by atoms with van der Waals surface area (Å²) in [6.45, 7) is 1.84. The van der Waals surface area contributed by atoms with Crippen molar-refractivity contribution in [1.82, 2.24) is 4.98 Å². The van der Waals surface area contributed by atoms with Gasteiger partial charge in [-0.15, -0.1) is 11.3 Å². The average molecular weight is 340 g/mol. The largest absolute Gasteiger partial charge is 0.279 e. The SMILES string of the molecule is Cc1nc2ccc(NS(=O)(=O)c3cc(F)ccc3F)cc2s1. The van der Waals surface area contributed by atoms with Crippen molar-refractivity contribution in [3.8, 4) is 0 Å². The fraction of sp³-hybridized carbons (Fsp3) is 0.0714. The summed E-state index contributed by atoms with van der Waals surface area (Å²) in [5, 5.41) is 0.853. The van der Waals surface area contributed by atoms with Gasteiger partial charge >= 0.3 is 0 Å². The molecule has 0 bridgehead atoms. The number of hydrogen-bond donors (Lipinski definition) is 1. The second-order valence-electron chi connectivity index (χ2n) is 4.60. The monoisotopic (exact) mass is 340 g/mol. The van der Waals surface area contributed by atoms with E-state index in [0.717, 1.165) is 27.4 Å². The molecule has 0 fully saturated rings. The summed E-state index contributed by atoms with van der Waals surface area (Å²) in [4.78, 5) is 3.54. The van der Waals surface area contributed by atoms with Crippen molar-refractivity contribution in [3.05, 3.63) is 53.0 Å². The molecule has 0 saturated heterocycles. The molecule has 0 saturated carbocycles. The number of thiazole rings is 1. The predicted molar refractivity (Wildman–Crippen MR) is 81.5 cm³/mol. The van der Waals surface area contributed by atoms with Gasteiger partial charge in [-0.3, -0.25) is 4.72 Å². The molecule has 0 aliphatic heterocycles. The topological polar surface area (TPSA) is 59.1 Å². The number of anilines is 1. The van der Waals surface area contributed by atoms with Crippen LogP contribution in [-0.4, -0.2) is 13.4 Å². The number of fused-ring (bicyclic) bond motifs is 1. The molecule has 0 amide bonds. The molecular formula is C14H10F2N2O2S2. The Balaban J connectivity index is 2.00. The molecule has 1 heterocycles. The third kappa shape index (κ3) is 2.79. The highest BCUT2D eigenvalue weighted by atomic mass is 32.2. The molecule has 3 rings (SSSR count). The first kappa shape index (κ1) is 14.9. The van der Waals surface area contributed by atoms with E-state index in [9.17, 15) is 17.2 Å². The second-order valence-corrected chi connectivity index (χ2v) is 7.48. The highest BCUT2D eigenvalue weighted by Crippen LogP contribution is 2.26. The first-order valence-electron chi connectivity index (χ1n) is 6.20. The minimum Gasteiger partial charge on any atom is -0.279 e. The van der Waals surface area contributed by atoms with Crippen LogP contribution in [0.3, 0.4) is 0 Å². The predicted octanol–water partition coefficient (Wildman–Crippen LogP) is 3.68. The maximum atomic E-state index is 13.6. The van der Waals surface area contributed by atoms with E-state index in [1.807, 2.05) is 6.92 Å². The number of sulfonamides is 1. The summed E-state index contributed by atoms with van der Waals surface area (Å²) >= 11 is 1.41. The Labute approximate surface area is 129 Å². The molecule has 0 unspecified atom stereocenters. The van der Waals surface area contributed by atoms with E-state index >= 15 is 0 Å². The summed E-state index contributed by atoms with van der Waals surface area (Å²) in [5.74, 6) is -1.83. The van der Waals surface area contributed by atoms with Crippen LogP contribution in [0.25, 0.3) is 10.2 Å². The van der Waals surface area contributed by atoms with Gasteiger partial charge in [-0.2, -0.15) is 0 Å². The van der Waals surface area contributed by atoms with Crippen LogP contribution in [0.1, 0.15) is 5.01 Å². The van der Waals surface area contributed by atoms with Crippen molar-refractivity contribution in [2.24, 2.45) is 0 Å². The van der Waals surface area contributed by atoms with E-state index in [1.54, 1.807) is 12.1 Å². The number of rotatable bonds is 3. The van der Waals surface area contributed by atoms with Crippen LogP contribution >= 0.6 is 11.3 Å². The Bertz CT molecular complexity index is 968. The van der Waals surface area contributed by atoms with Crippen molar-refractivity contribution in [1.29, 1.82) is 0 Å². The highest BCUT2D eigenvalue weighted by Gasteiger charge is 2.20. The number of hydrogen-bond acceptors (Lipinski definition) is 4. The fourth-order valence-corrected chi connectivity index (χ4v) is 4.00. The summed E-state index contributed by atoms with van der Waals surface area (Å²) in [5.41, 5.74) is 1.02. The molecule has 114 valence electrons. The lowest BCUT2D eigenvalue weighted by Crippen LogP contribution is -2.14. The van der Waals surface area contributed by atoms with Crippen molar-refractivity contribution in [2.75, 3.05) is 4.72 Å². The molecule has 3 aromatic rings. The first-order valence-corrected chi connectivity index (χ1v) is 8.50. The minimum atomic E-state index is -4.21. The summed E-state index contributed by atoms with van der Waals surface area (Å²) in [6, 6.07) is 7.08. The number of nitrogens with zero attached hydrogens (tertiary/aromatic N) is 1. The first-order chi connectivity index (χ1) is 10.3. The van der Waals surface area contributed by atoms with Gasteiger partial charge in [0.2, 0.25) is 0 Å². The van der Waals surface area contributed by atoms with Gasteiger partial charge in [0.05, 0.1) is 20.9 Å². The number of halogens is 2. The number of aryl methyl sites for hydroxylation is 1. The van der Waals surface area contributed by atoms with E-state index in [-0.39, 0.29) is 5.69 Å². The van der Waals surface area contributed by atoms with Gasteiger partial charge in [0, 0.05) is 0 Å². The molecule has 4 nitrogen and oxygen atoms in total. The third-order valence-corrected chi connectivity index (χ3v) is 5.26. The summed E-state index contributed by atoms with van der Waals surface area (Å²) < 4.78 is 54.2. The Hall–Kier alpha value is -2.06. The van der Waals surface area contributed by atoms with E-state index in [2.05, 4.69) is 9.71 Å². The van der Waals surface area contributed by atoms with E-state index in [1.165, 1.54) is 17.4 Å². The lowest BCUT2D eigenvalue weighted by Gasteiger charge is -2.09. The van der Waals surface area contributed by atoms with E-state index in [0.29, 0.717) is 6.07 Å². The van der Waals surface area contributed by atoms with Crippen molar-refractivity contribution in [3.63, 3.8) is 0 Å². The van der Waals surface area contributed by atoms with Gasteiger partial charge in [-0.25, -0.2) is 22.2 Å². The Kier molecular flexibility index (Phi) is 3.57. The van der Waals surface area contributed by atoms with E-state index < -0.39 is 26.6 Å². The molecule has 8 heteroatoms. The van der Waals surface area contributed by atoms with Crippen LogP contribution < -0.4 is 4.72 Å². The van der Waals surface area contributed by atoms with Gasteiger partial charge in [0.15, 0.2) is 0 Å². The molecular weight excluding hydrogens is 330 g/mol. The molecule has 22 heavy (non-hydrogen) atoms. The normalized spacial score (nSPS) is 11.8. The molecule has 0 atom stereocenters. The number of nitrogens with one attached hydrogen (secondary N) is 1. The third-order valence-electron chi connectivity index (χ3n) is 2.93. The highest BCUT2D eigenvalue weighted by molar-refractivity contribution is 7.92. The Morgan fingerprint density at radius 2 is 1.91 bits per heavy atom. The maximum Gasteiger partial charge on any atom is 0.264 e. The zero-order valence-electron chi connectivity index (χ0n) is 11.3. The van der Waals surface area contributed by atoms with Gasteiger partial charge in [0.25, 0.3) is 10.0 Å². The lowest BCUT2D eigenvalue weighted by molar-refractivity contribution is 0.555. The van der Waals surface area contributed by atoms with Crippen LogP contribution in [0, 0.1) is 18.6 Å². The minimum absolute atomic E-state index is 0.264. The molecule has 2 aromatic carbocycles. The zero-order chi connectivity index (χ0) is 15.9. The van der Waals surface area contributed by atoms with Crippen LogP contribution in [0.15, 0.2) is 41.3 Å². The summed E-state index contributed by atoms with van der Waals surface area (Å²) in [7, 11) is -4.21. The average Bonchev–Trinajstić information content (AvgIpc) is 2.80. The van der Waals surface area contributed by atoms with Gasteiger partial charge < -0.3 is 0 Å². The van der Waals surface area contributed by atoms with Crippen molar-refractivity contribution in [2.45, 2.75) is 11.8 Å². The maximum absolute atomic E-state index is 13.6. The van der Waals surface area contributed by atoms with Crippen molar-refractivity contribution < 1.29 is 17.2 Å². The van der Waals surface area contributed by atoms with Gasteiger partial charge in [-0.1, -0.05) is 0 Å². The standard InChI is InChI=1S/C14H10F2N2O2S2/c1-8-17-12-5-3-10(7-13(12)21-8)18-22(19,20)14-6-9(15)2-4-11(14)16/h2-7,18H,1H3. The molecule has 1 N–H and O–H groups in total. The molecule has 0 aliphatic carbocycles. The van der Waals surface area contributed by atoms with Crippen molar-refractivity contribution >= 4 is 37.3 Å². The van der Waals surface area contributed by atoms with E-state index in [4.69, 9.17) is 0 Å². The molecule has 0 aliphatic rings. The lowest BCUT2D eigenvalue weighted by atomic mass is 10.3. The molecule has 0 radical (unpaired) electrons. The van der Waals surface area contributed by atoms with Crippen LogP contribution in [0.4, 0.5) is 14.5 Å². The van der Waals surface area contributed by atoms with Crippen LogP contribution in [0.5, 0.6) is 0 Å². The second kappa shape index (κ2) is 5.29.